The predicted octanol–water partition coefficient (Wildman–Crippen LogP) is 5.03. The Hall–Kier alpha value is -2.49. The number of hydrogen-bond acceptors (Lipinski definition) is 4. The fourth-order valence-electron chi connectivity index (χ4n) is 4.24. The van der Waals surface area contributed by atoms with Gasteiger partial charge in [-0.1, -0.05) is 12.1 Å². The van der Waals surface area contributed by atoms with Gasteiger partial charge in [0.2, 0.25) is 0 Å². The van der Waals surface area contributed by atoms with Crippen molar-refractivity contribution in [3.63, 3.8) is 0 Å². The standard InChI is InChI=1S/C22H21BrF4N2O3/c1-13-11-21(20(31)32-2,12-17-16(24)7-8-18(23)28-17)9-10-29(13)19(30)14-5-3-4-6-15(14)22(25,26)27/h3-8,13H,9-12H2,1-2H3/t13-,21-/m1/s1. The van der Waals surface area contributed by atoms with Crippen LogP contribution in [-0.2, 0) is 22.1 Å². The van der Waals surface area contributed by atoms with Gasteiger partial charge in [0.1, 0.15) is 10.4 Å². The van der Waals surface area contributed by atoms with Gasteiger partial charge in [0.05, 0.1) is 29.3 Å². The molecule has 0 N–H and O–H groups in total. The molecule has 1 saturated heterocycles. The van der Waals surface area contributed by atoms with Crippen LogP contribution in [0.1, 0.15) is 41.4 Å². The number of rotatable bonds is 4. The first kappa shape index (κ1) is 24.2. The lowest BCUT2D eigenvalue weighted by Crippen LogP contribution is -2.52. The fraction of sp³-hybridized carbons (Fsp3) is 0.409. The smallest absolute Gasteiger partial charge is 0.417 e. The molecular weight excluding hydrogens is 496 g/mol. The van der Waals surface area contributed by atoms with E-state index in [4.69, 9.17) is 4.74 Å². The van der Waals surface area contributed by atoms with Gasteiger partial charge < -0.3 is 9.64 Å². The van der Waals surface area contributed by atoms with E-state index in [0.29, 0.717) is 4.60 Å². The van der Waals surface area contributed by atoms with Gasteiger partial charge >= 0.3 is 12.1 Å². The van der Waals surface area contributed by atoms with Gasteiger partial charge in [-0.15, -0.1) is 0 Å². The molecule has 2 atom stereocenters. The zero-order chi connectivity index (χ0) is 23.7. The number of nitrogens with zero attached hydrogens (tertiary/aromatic N) is 2. The number of benzene rings is 1. The van der Waals surface area contributed by atoms with E-state index in [0.717, 1.165) is 12.1 Å². The molecular formula is C22H21BrF4N2O3. The number of likely N-dealkylation sites (tertiary alicyclic amines) is 1. The molecule has 1 amide bonds. The summed E-state index contributed by atoms with van der Waals surface area (Å²) in [6, 6.07) is 6.67. The highest BCUT2D eigenvalue weighted by molar-refractivity contribution is 9.10. The summed E-state index contributed by atoms with van der Waals surface area (Å²) in [6.45, 7) is 1.66. The number of esters is 1. The first-order chi connectivity index (χ1) is 15.0. The molecule has 0 saturated carbocycles. The third-order valence-corrected chi connectivity index (χ3v) is 6.22. The molecule has 0 bridgehead atoms. The summed E-state index contributed by atoms with van der Waals surface area (Å²) in [5.41, 5.74) is -2.55. The molecule has 172 valence electrons. The number of alkyl halides is 3. The second-order valence-corrected chi connectivity index (χ2v) is 8.67. The first-order valence-electron chi connectivity index (χ1n) is 9.85. The number of ether oxygens (including phenoxy) is 1. The Morgan fingerprint density at radius 3 is 2.56 bits per heavy atom. The maximum absolute atomic E-state index is 14.3. The number of carbonyl (C=O) groups is 2. The highest BCUT2D eigenvalue weighted by Gasteiger charge is 2.47. The number of hydrogen-bond donors (Lipinski definition) is 0. The number of amides is 1. The highest BCUT2D eigenvalue weighted by Crippen LogP contribution is 2.41. The predicted molar refractivity (Wildman–Crippen MR) is 111 cm³/mol. The lowest BCUT2D eigenvalue weighted by atomic mass is 9.72. The van der Waals surface area contributed by atoms with Crippen molar-refractivity contribution in [3.05, 3.63) is 63.6 Å². The van der Waals surface area contributed by atoms with E-state index in [2.05, 4.69) is 20.9 Å². The molecule has 1 aliphatic rings. The van der Waals surface area contributed by atoms with E-state index in [1.54, 1.807) is 6.92 Å². The first-order valence-corrected chi connectivity index (χ1v) is 10.6. The van der Waals surface area contributed by atoms with Gasteiger partial charge in [0, 0.05) is 19.0 Å². The molecule has 5 nitrogen and oxygen atoms in total. The number of pyridine rings is 1. The minimum atomic E-state index is -4.68. The summed E-state index contributed by atoms with van der Waals surface area (Å²) in [7, 11) is 1.22. The van der Waals surface area contributed by atoms with Crippen molar-refractivity contribution in [2.75, 3.05) is 13.7 Å². The molecule has 0 unspecified atom stereocenters. The molecule has 10 heteroatoms. The van der Waals surface area contributed by atoms with Gasteiger partial charge in [0.15, 0.2) is 0 Å². The van der Waals surface area contributed by atoms with E-state index in [9.17, 15) is 27.2 Å². The van der Waals surface area contributed by atoms with Gasteiger partial charge in [-0.05, 0) is 60.0 Å². The molecule has 0 aliphatic carbocycles. The van der Waals surface area contributed by atoms with Crippen LogP contribution >= 0.6 is 15.9 Å². The quantitative estimate of drug-likeness (QED) is 0.325. The van der Waals surface area contributed by atoms with Crippen LogP contribution in [-0.4, -0.2) is 41.5 Å². The molecule has 1 fully saturated rings. The van der Waals surface area contributed by atoms with Gasteiger partial charge in [-0.25, -0.2) is 9.37 Å². The van der Waals surface area contributed by atoms with Gasteiger partial charge in [-0.3, -0.25) is 9.59 Å². The van der Waals surface area contributed by atoms with Crippen molar-refractivity contribution >= 4 is 27.8 Å². The SMILES string of the molecule is COC(=O)[C@]1(Cc2nc(Br)ccc2F)CCN(C(=O)c2ccccc2C(F)(F)F)[C@H](C)C1. The molecule has 1 aliphatic heterocycles. The normalized spacial score (nSPS) is 21.3. The molecule has 32 heavy (non-hydrogen) atoms. The van der Waals surface area contributed by atoms with Crippen molar-refractivity contribution < 1.29 is 31.9 Å². The van der Waals surface area contributed by atoms with Crippen LogP contribution in [0.4, 0.5) is 17.6 Å². The van der Waals surface area contributed by atoms with Crippen molar-refractivity contribution in [1.29, 1.82) is 0 Å². The third kappa shape index (κ3) is 4.79. The zero-order valence-electron chi connectivity index (χ0n) is 17.4. The summed E-state index contributed by atoms with van der Waals surface area (Å²) >= 11 is 3.18. The van der Waals surface area contributed by atoms with Crippen LogP contribution in [0.25, 0.3) is 0 Å². The molecule has 2 aromatic rings. The Morgan fingerprint density at radius 2 is 1.94 bits per heavy atom. The maximum Gasteiger partial charge on any atom is 0.417 e. The Balaban J connectivity index is 1.90. The molecule has 3 rings (SSSR count). The lowest BCUT2D eigenvalue weighted by molar-refractivity contribution is -0.156. The molecule has 1 aromatic heterocycles. The number of piperidine rings is 1. The summed E-state index contributed by atoms with van der Waals surface area (Å²) in [5.74, 6) is -1.93. The highest BCUT2D eigenvalue weighted by atomic mass is 79.9. The molecule has 2 heterocycles. The minimum absolute atomic E-state index is 0.0108. The van der Waals surface area contributed by atoms with Gasteiger partial charge in [-0.2, -0.15) is 13.2 Å². The minimum Gasteiger partial charge on any atom is -0.469 e. The topological polar surface area (TPSA) is 59.5 Å². The molecule has 1 aromatic carbocycles. The Bertz CT molecular complexity index is 1030. The van der Waals surface area contributed by atoms with Crippen LogP contribution in [0, 0.1) is 11.2 Å². The summed E-state index contributed by atoms with van der Waals surface area (Å²) in [4.78, 5) is 31.2. The maximum atomic E-state index is 14.3. The van der Waals surface area contributed by atoms with Crippen molar-refractivity contribution in [3.8, 4) is 0 Å². The Morgan fingerprint density at radius 1 is 1.25 bits per heavy atom. The van der Waals surface area contributed by atoms with Crippen molar-refractivity contribution in [2.24, 2.45) is 5.41 Å². The van der Waals surface area contributed by atoms with Crippen LogP contribution in [0.3, 0.4) is 0 Å². The number of halogens is 5. The summed E-state index contributed by atoms with van der Waals surface area (Å²) in [6.07, 6.45) is -4.55. The lowest BCUT2D eigenvalue weighted by Gasteiger charge is -2.44. The zero-order valence-corrected chi connectivity index (χ0v) is 19.0. The van der Waals surface area contributed by atoms with Crippen LogP contribution in [0.2, 0.25) is 0 Å². The summed E-state index contributed by atoms with van der Waals surface area (Å²) in [5, 5.41) is 0. The largest absolute Gasteiger partial charge is 0.469 e. The second kappa shape index (κ2) is 9.17. The van der Waals surface area contributed by atoms with Crippen molar-refractivity contribution in [2.45, 2.75) is 38.4 Å². The van der Waals surface area contributed by atoms with Crippen LogP contribution < -0.4 is 0 Å². The second-order valence-electron chi connectivity index (χ2n) is 7.86. The third-order valence-electron chi connectivity index (χ3n) is 5.78. The average Bonchev–Trinajstić information content (AvgIpc) is 2.74. The van der Waals surface area contributed by atoms with Crippen LogP contribution in [0.15, 0.2) is 41.0 Å². The summed E-state index contributed by atoms with van der Waals surface area (Å²) < 4.78 is 59.9. The van der Waals surface area contributed by atoms with Gasteiger partial charge in [0.25, 0.3) is 5.91 Å². The number of aromatic nitrogens is 1. The van der Waals surface area contributed by atoms with E-state index >= 15 is 0 Å². The van der Waals surface area contributed by atoms with Crippen molar-refractivity contribution in [1.82, 2.24) is 9.88 Å². The monoisotopic (exact) mass is 516 g/mol. The Kier molecular flexibility index (Phi) is 6.92. The molecule has 0 spiro atoms. The number of methoxy groups -OCH3 is 1. The van der Waals surface area contributed by atoms with E-state index in [1.807, 2.05) is 0 Å². The van der Waals surface area contributed by atoms with Crippen LogP contribution in [0.5, 0.6) is 0 Å². The van der Waals surface area contributed by atoms with E-state index in [-0.39, 0.29) is 31.5 Å². The fourth-order valence-corrected chi connectivity index (χ4v) is 4.59. The average molecular weight is 517 g/mol. The molecule has 0 radical (unpaired) electrons. The van der Waals surface area contributed by atoms with E-state index < -0.39 is 46.5 Å². The Labute approximate surface area is 190 Å². The number of carbonyl (C=O) groups excluding carboxylic acids is 2. The van der Waals surface area contributed by atoms with E-state index in [1.165, 1.54) is 36.3 Å².